The summed E-state index contributed by atoms with van der Waals surface area (Å²) in [5.41, 5.74) is 4.89. The van der Waals surface area contributed by atoms with E-state index in [1.165, 1.54) is 15.9 Å². The first-order valence-electron chi connectivity index (χ1n) is 13.3. The quantitative estimate of drug-likeness (QED) is 0.164. The SMILES string of the molecule is Cc1c(C[P+](c2ccccc2)(c2ccccc2)c2ccccc2)nn(-c2ccc(Cl)cc2Cl)c1-c1ccc(Cl)cc1. The Labute approximate surface area is 256 Å². The molecule has 0 radical (unpaired) electrons. The molecule has 0 spiro atoms. The Bertz CT molecular complexity index is 1690. The third-order valence-corrected chi connectivity index (χ3v) is 12.6. The Morgan fingerprint density at radius 1 is 0.610 bits per heavy atom. The minimum Gasteiger partial charge on any atom is -0.231 e. The van der Waals surface area contributed by atoms with Crippen molar-refractivity contribution in [2.24, 2.45) is 0 Å². The normalized spacial score (nSPS) is 11.5. The third kappa shape index (κ3) is 5.34. The van der Waals surface area contributed by atoms with Crippen molar-refractivity contribution in [1.82, 2.24) is 9.78 Å². The van der Waals surface area contributed by atoms with Crippen LogP contribution in [0.25, 0.3) is 16.9 Å². The minimum absolute atomic E-state index is 0.539. The molecule has 6 rings (SSSR count). The van der Waals surface area contributed by atoms with Gasteiger partial charge >= 0.3 is 0 Å². The van der Waals surface area contributed by atoms with Crippen LogP contribution in [0.3, 0.4) is 0 Å². The van der Waals surface area contributed by atoms with Gasteiger partial charge in [-0.2, -0.15) is 5.10 Å². The smallest absolute Gasteiger partial charge is 0.118 e. The van der Waals surface area contributed by atoms with Crippen LogP contribution in [-0.4, -0.2) is 9.78 Å². The van der Waals surface area contributed by atoms with E-state index in [4.69, 9.17) is 39.9 Å². The van der Waals surface area contributed by atoms with Crippen LogP contribution in [0.5, 0.6) is 0 Å². The molecule has 6 heteroatoms. The average Bonchev–Trinajstić information content (AvgIpc) is 3.32. The molecule has 1 heterocycles. The molecule has 0 saturated carbocycles. The maximum Gasteiger partial charge on any atom is 0.118 e. The molecule has 202 valence electrons. The van der Waals surface area contributed by atoms with Crippen LogP contribution >= 0.6 is 42.1 Å². The summed E-state index contributed by atoms with van der Waals surface area (Å²) in [6.07, 6.45) is 0.746. The van der Waals surface area contributed by atoms with E-state index in [2.05, 4.69) is 97.9 Å². The zero-order valence-corrected chi connectivity index (χ0v) is 25.5. The van der Waals surface area contributed by atoms with Gasteiger partial charge in [-0.1, -0.05) is 102 Å². The largest absolute Gasteiger partial charge is 0.231 e. The van der Waals surface area contributed by atoms with Crippen LogP contribution in [0, 0.1) is 6.92 Å². The van der Waals surface area contributed by atoms with Gasteiger partial charge in [0.1, 0.15) is 35.0 Å². The summed E-state index contributed by atoms with van der Waals surface area (Å²) in [6.45, 7) is 2.16. The summed E-state index contributed by atoms with van der Waals surface area (Å²) in [6, 6.07) is 46.0. The molecule has 0 amide bonds. The molecular weight excluding hydrogens is 586 g/mol. The predicted molar refractivity (Wildman–Crippen MR) is 178 cm³/mol. The highest BCUT2D eigenvalue weighted by Crippen LogP contribution is 2.58. The van der Waals surface area contributed by atoms with Gasteiger partial charge in [-0.3, -0.25) is 0 Å². The Kier molecular flexibility index (Phi) is 8.02. The van der Waals surface area contributed by atoms with Crippen molar-refractivity contribution < 1.29 is 0 Å². The number of benzene rings is 5. The van der Waals surface area contributed by atoms with Gasteiger partial charge < -0.3 is 0 Å². The van der Waals surface area contributed by atoms with Crippen LogP contribution in [0.4, 0.5) is 0 Å². The van der Waals surface area contributed by atoms with E-state index in [0.29, 0.717) is 15.1 Å². The molecule has 5 aromatic carbocycles. The summed E-state index contributed by atoms with van der Waals surface area (Å²) < 4.78 is 1.96. The summed E-state index contributed by atoms with van der Waals surface area (Å²) in [5.74, 6) is 0. The van der Waals surface area contributed by atoms with Crippen molar-refractivity contribution in [2.75, 3.05) is 0 Å². The molecule has 0 fully saturated rings. The van der Waals surface area contributed by atoms with Gasteiger partial charge in [-0.05, 0) is 73.7 Å². The van der Waals surface area contributed by atoms with E-state index < -0.39 is 7.26 Å². The van der Waals surface area contributed by atoms with Gasteiger partial charge in [-0.25, -0.2) is 4.68 Å². The number of halogens is 3. The Morgan fingerprint density at radius 2 is 1.10 bits per heavy atom. The second-order valence-electron chi connectivity index (χ2n) is 9.91. The molecule has 0 aliphatic heterocycles. The van der Waals surface area contributed by atoms with Gasteiger partial charge in [-0.15, -0.1) is 0 Å². The van der Waals surface area contributed by atoms with E-state index in [-0.39, 0.29) is 0 Å². The summed E-state index contributed by atoms with van der Waals surface area (Å²) >= 11 is 19.3. The van der Waals surface area contributed by atoms with Crippen LogP contribution in [0.2, 0.25) is 15.1 Å². The number of hydrogen-bond donors (Lipinski definition) is 0. The lowest BCUT2D eigenvalue weighted by Gasteiger charge is -2.27. The van der Waals surface area contributed by atoms with Crippen molar-refractivity contribution in [2.45, 2.75) is 13.1 Å². The number of nitrogens with zero attached hydrogens (tertiary/aromatic N) is 2. The Hall–Kier alpha value is -3.39. The fraction of sp³-hybridized carbons (Fsp3) is 0.0571. The van der Waals surface area contributed by atoms with Gasteiger partial charge in [0.2, 0.25) is 0 Å². The highest BCUT2D eigenvalue weighted by Gasteiger charge is 2.46. The van der Waals surface area contributed by atoms with Crippen molar-refractivity contribution in [3.63, 3.8) is 0 Å². The number of rotatable bonds is 7. The van der Waals surface area contributed by atoms with Crippen LogP contribution in [0.15, 0.2) is 133 Å². The lowest BCUT2D eigenvalue weighted by atomic mass is 10.1. The molecule has 0 aliphatic carbocycles. The topological polar surface area (TPSA) is 17.8 Å². The third-order valence-electron chi connectivity index (χ3n) is 7.45. The second kappa shape index (κ2) is 11.8. The highest BCUT2D eigenvalue weighted by atomic mass is 35.5. The molecule has 41 heavy (non-hydrogen) atoms. The first kappa shape index (κ1) is 27.8. The Morgan fingerprint density at radius 3 is 1.59 bits per heavy atom. The molecule has 6 aromatic rings. The lowest BCUT2D eigenvalue weighted by Crippen LogP contribution is -2.32. The molecule has 2 nitrogen and oxygen atoms in total. The predicted octanol–water partition coefficient (Wildman–Crippen LogP) is 9.30. The van der Waals surface area contributed by atoms with E-state index in [0.717, 1.165) is 34.4 Å². The monoisotopic (exact) mass is 611 g/mol. The van der Waals surface area contributed by atoms with Crippen molar-refractivity contribution >= 4 is 58.0 Å². The van der Waals surface area contributed by atoms with Crippen LogP contribution in [-0.2, 0) is 6.16 Å². The van der Waals surface area contributed by atoms with Gasteiger partial charge in [0.15, 0.2) is 0 Å². The summed E-state index contributed by atoms with van der Waals surface area (Å²) in [5, 5.41) is 11.0. The highest BCUT2D eigenvalue weighted by molar-refractivity contribution is 7.95. The summed E-state index contributed by atoms with van der Waals surface area (Å²) in [7, 11) is -2.17. The zero-order chi connectivity index (χ0) is 28.4. The number of aromatic nitrogens is 2. The molecule has 1 aromatic heterocycles. The van der Waals surface area contributed by atoms with Crippen LogP contribution < -0.4 is 15.9 Å². The molecule has 0 aliphatic rings. The maximum absolute atomic E-state index is 6.77. The number of hydrogen-bond acceptors (Lipinski definition) is 1. The molecule has 0 N–H and O–H groups in total. The van der Waals surface area contributed by atoms with E-state index in [1.807, 2.05) is 41.1 Å². The van der Waals surface area contributed by atoms with Crippen molar-refractivity contribution in [1.29, 1.82) is 0 Å². The molecular formula is C35H27Cl3N2P+. The first-order chi connectivity index (χ1) is 20.0. The molecule has 0 bridgehead atoms. The average molecular weight is 613 g/mol. The molecule has 0 saturated heterocycles. The molecule has 0 unspecified atom stereocenters. The van der Waals surface area contributed by atoms with Gasteiger partial charge in [0.25, 0.3) is 0 Å². The zero-order valence-electron chi connectivity index (χ0n) is 22.4. The van der Waals surface area contributed by atoms with Gasteiger partial charge in [0, 0.05) is 21.2 Å². The fourth-order valence-corrected chi connectivity index (χ4v) is 10.3. The summed E-state index contributed by atoms with van der Waals surface area (Å²) in [4.78, 5) is 0. The van der Waals surface area contributed by atoms with E-state index in [1.54, 1.807) is 6.07 Å². The maximum atomic E-state index is 6.77. The fourth-order valence-electron chi connectivity index (χ4n) is 5.46. The minimum atomic E-state index is -2.17. The van der Waals surface area contributed by atoms with Gasteiger partial charge in [0.05, 0.1) is 16.4 Å². The molecule has 0 atom stereocenters. The second-order valence-corrected chi connectivity index (χ2v) is 14.7. The van der Waals surface area contributed by atoms with E-state index >= 15 is 0 Å². The van der Waals surface area contributed by atoms with Crippen molar-refractivity contribution in [3.05, 3.63) is 160 Å². The first-order valence-corrected chi connectivity index (χ1v) is 16.4. The van der Waals surface area contributed by atoms with Crippen LogP contribution in [0.1, 0.15) is 11.3 Å². The lowest BCUT2D eigenvalue weighted by molar-refractivity contribution is 0.865. The standard InChI is InChI=1S/C35H27Cl3N2P/c1-25-33(39-40(34-22-21-28(37)23-32(34)38)35(25)26-17-19-27(36)20-18-26)24-41(29-11-5-2-6-12-29,30-13-7-3-8-14-30)31-15-9-4-10-16-31/h2-23H,24H2,1H3/q+1. The van der Waals surface area contributed by atoms with Crippen molar-refractivity contribution in [3.8, 4) is 16.9 Å². The van der Waals surface area contributed by atoms with E-state index in [9.17, 15) is 0 Å². The Balaban J connectivity index is 1.63.